The minimum Gasteiger partial charge on any atom is -0.494 e. The molecule has 0 radical (unpaired) electrons. The Morgan fingerprint density at radius 2 is 1.74 bits per heavy atom. The van der Waals surface area contributed by atoms with E-state index in [0.717, 1.165) is 62.1 Å². The summed E-state index contributed by atoms with van der Waals surface area (Å²) in [5, 5.41) is 0.820. The molecule has 1 fully saturated rings. The second-order valence-electron chi connectivity index (χ2n) is 7.84. The van der Waals surface area contributed by atoms with E-state index < -0.39 is 0 Å². The topological polar surface area (TPSA) is 45.1 Å². The highest BCUT2D eigenvalue weighted by Gasteiger charge is 2.28. The number of anilines is 1. The van der Waals surface area contributed by atoms with Gasteiger partial charge in [0, 0.05) is 31.9 Å². The molecule has 31 heavy (non-hydrogen) atoms. The lowest BCUT2D eigenvalue weighted by Gasteiger charge is -2.37. The highest BCUT2D eigenvalue weighted by Crippen LogP contribution is 2.31. The zero-order valence-electron chi connectivity index (χ0n) is 18.2. The number of amides is 1. The number of nitrogens with zero attached hydrogens (tertiary/aromatic N) is 3. The summed E-state index contributed by atoms with van der Waals surface area (Å²) < 4.78 is 5.71. The first-order valence-corrected chi connectivity index (χ1v) is 11.8. The van der Waals surface area contributed by atoms with Gasteiger partial charge in [-0.3, -0.25) is 4.79 Å². The van der Waals surface area contributed by atoms with E-state index in [2.05, 4.69) is 52.9 Å². The SMILES string of the molecule is CCCCOc1ccc(/C=C2/SC(N3CCN(c4ccccc4C)CC3)=NC2=O)cc1. The number of unbranched alkanes of at least 4 members (excludes halogenated alkanes) is 1. The molecule has 6 heteroatoms. The number of ether oxygens (including phenoxy) is 1. The van der Waals surface area contributed by atoms with Crippen LogP contribution in [0.25, 0.3) is 6.08 Å². The monoisotopic (exact) mass is 435 g/mol. The molecule has 5 nitrogen and oxygen atoms in total. The Bertz CT molecular complexity index is 977. The lowest BCUT2D eigenvalue weighted by atomic mass is 10.1. The van der Waals surface area contributed by atoms with Gasteiger partial charge >= 0.3 is 0 Å². The van der Waals surface area contributed by atoms with Crippen molar-refractivity contribution in [3.63, 3.8) is 0 Å². The Morgan fingerprint density at radius 3 is 2.45 bits per heavy atom. The summed E-state index contributed by atoms with van der Waals surface area (Å²) in [5.41, 5.74) is 3.58. The van der Waals surface area contributed by atoms with Gasteiger partial charge in [-0.2, -0.15) is 4.99 Å². The molecular weight excluding hydrogens is 406 g/mol. The van der Waals surface area contributed by atoms with Gasteiger partial charge in [0.2, 0.25) is 0 Å². The Hall–Kier alpha value is -2.73. The normalized spacial score (nSPS) is 17.9. The van der Waals surface area contributed by atoms with Crippen LogP contribution in [0.15, 0.2) is 58.4 Å². The average molecular weight is 436 g/mol. The predicted molar refractivity (Wildman–Crippen MR) is 130 cm³/mol. The van der Waals surface area contributed by atoms with Gasteiger partial charge in [0.15, 0.2) is 5.17 Å². The molecular formula is C25H29N3O2S. The van der Waals surface area contributed by atoms with Crippen molar-refractivity contribution in [1.82, 2.24) is 4.90 Å². The zero-order valence-corrected chi connectivity index (χ0v) is 19.0. The van der Waals surface area contributed by atoms with Gasteiger partial charge in [-0.25, -0.2) is 0 Å². The van der Waals surface area contributed by atoms with Crippen molar-refractivity contribution in [2.75, 3.05) is 37.7 Å². The smallest absolute Gasteiger partial charge is 0.286 e. The number of para-hydroxylation sites is 1. The second-order valence-corrected chi connectivity index (χ2v) is 8.85. The van der Waals surface area contributed by atoms with Crippen molar-refractivity contribution in [3.05, 3.63) is 64.6 Å². The third-order valence-corrected chi connectivity index (χ3v) is 6.60. The van der Waals surface area contributed by atoms with E-state index >= 15 is 0 Å². The van der Waals surface area contributed by atoms with Crippen LogP contribution < -0.4 is 9.64 Å². The van der Waals surface area contributed by atoms with Gasteiger partial charge in [0.05, 0.1) is 11.5 Å². The molecule has 0 atom stereocenters. The first-order chi connectivity index (χ1) is 15.1. The molecule has 162 valence electrons. The van der Waals surface area contributed by atoms with Crippen LogP contribution in [0.4, 0.5) is 5.69 Å². The van der Waals surface area contributed by atoms with Crippen molar-refractivity contribution >= 4 is 34.6 Å². The van der Waals surface area contributed by atoms with Crippen molar-refractivity contribution in [3.8, 4) is 5.75 Å². The summed E-state index contributed by atoms with van der Waals surface area (Å²) >= 11 is 1.48. The van der Waals surface area contributed by atoms with Crippen molar-refractivity contribution < 1.29 is 9.53 Å². The maximum absolute atomic E-state index is 12.5. The molecule has 2 aliphatic heterocycles. The summed E-state index contributed by atoms with van der Waals surface area (Å²) in [6.07, 6.45) is 4.09. The molecule has 0 unspecified atom stereocenters. The number of hydrogen-bond donors (Lipinski definition) is 0. The molecule has 2 aliphatic rings. The number of piperazine rings is 1. The maximum Gasteiger partial charge on any atom is 0.286 e. The largest absolute Gasteiger partial charge is 0.494 e. The summed E-state index contributed by atoms with van der Waals surface area (Å²) in [4.78, 5) is 22.1. The van der Waals surface area contributed by atoms with Gasteiger partial charge in [0.25, 0.3) is 5.91 Å². The Kier molecular flexibility index (Phi) is 6.97. The van der Waals surface area contributed by atoms with Crippen LogP contribution >= 0.6 is 11.8 Å². The maximum atomic E-state index is 12.5. The lowest BCUT2D eigenvalue weighted by Crippen LogP contribution is -2.48. The van der Waals surface area contributed by atoms with Crippen LogP contribution in [-0.2, 0) is 4.79 Å². The number of rotatable bonds is 6. The fourth-order valence-corrected chi connectivity index (χ4v) is 4.70. The molecule has 0 aromatic heterocycles. The zero-order chi connectivity index (χ0) is 21.6. The highest BCUT2D eigenvalue weighted by atomic mass is 32.2. The van der Waals surface area contributed by atoms with E-state index in [1.165, 1.54) is 23.0 Å². The standard InChI is InChI=1S/C25H29N3O2S/c1-3-4-17-30-21-11-9-20(10-12-21)18-23-24(29)26-25(31-23)28-15-13-27(14-16-28)22-8-6-5-7-19(22)2/h5-12,18H,3-4,13-17H2,1-2H3/b23-18+. The van der Waals surface area contributed by atoms with E-state index in [9.17, 15) is 4.79 Å². The van der Waals surface area contributed by atoms with Crippen LogP contribution in [0.5, 0.6) is 5.75 Å². The summed E-state index contributed by atoms with van der Waals surface area (Å²) in [6, 6.07) is 16.4. The van der Waals surface area contributed by atoms with Crippen molar-refractivity contribution in [2.24, 2.45) is 4.99 Å². The van der Waals surface area contributed by atoms with Crippen LogP contribution in [0.3, 0.4) is 0 Å². The van der Waals surface area contributed by atoms with E-state index in [0.29, 0.717) is 4.91 Å². The molecule has 4 rings (SSSR count). The number of benzene rings is 2. The molecule has 2 aromatic carbocycles. The first kappa shape index (κ1) is 21.5. The van der Waals surface area contributed by atoms with Crippen LogP contribution in [0, 0.1) is 6.92 Å². The highest BCUT2D eigenvalue weighted by molar-refractivity contribution is 8.18. The molecule has 2 heterocycles. The second kappa shape index (κ2) is 10.1. The van der Waals surface area contributed by atoms with Gasteiger partial charge < -0.3 is 14.5 Å². The number of aryl methyl sites for hydroxylation is 1. The van der Waals surface area contributed by atoms with Crippen LogP contribution in [0.2, 0.25) is 0 Å². The van der Waals surface area contributed by atoms with E-state index in [1.54, 1.807) is 0 Å². The molecule has 0 N–H and O–H groups in total. The Morgan fingerprint density at radius 1 is 1.03 bits per heavy atom. The molecule has 0 spiro atoms. The number of hydrogen-bond acceptors (Lipinski definition) is 5. The lowest BCUT2D eigenvalue weighted by molar-refractivity contribution is -0.113. The quantitative estimate of drug-likeness (QED) is 0.474. The fourth-order valence-electron chi connectivity index (χ4n) is 3.74. The average Bonchev–Trinajstić information content (AvgIpc) is 3.16. The van der Waals surface area contributed by atoms with Crippen LogP contribution in [-0.4, -0.2) is 48.8 Å². The third kappa shape index (κ3) is 5.31. The fraction of sp³-hybridized carbons (Fsp3) is 0.360. The summed E-state index contributed by atoms with van der Waals surface area (Å²) in [6.45, 7) is 8.62. The number of amidine groups is 1. The first-order valence-electron chi connectivity index (χ1n) is 10.9. The van der Waals surface area contributed by atoms with E-state index in [1.807, 2.05) is 30.3 Å². The Labute approximate surface area is 188 Å². The molecule has 1 saturated heterocycles. The van der Waals surface area contributed by atoms with Crippen molar-refractivity contribution in [2.45, 2.75) is 26.7 Å². The number of aliphatic imine (C=N–C) groups is 1. The van der Waals surface area contributed by atoms with Gasteiger partial charge in [0.1, 0.15) is 5.75 Å². The predicted octanol–water partition coefficient (Wildman–Crippen LogP) is 4.97. The summed E-state index contributed by atoms with van der Waals surface area (Å²) in [5.74, 6) is 0.717. The molecule has 0 saturated carbocycles. The number of carbonyl (C=O) groups excluding carboxylic acids is 1. The number of carbonyl (C=O) groups is 1. The van der Waals surface area contributed by atoms with Gasteiger partial charge in [-0.15, -0.1) is 0 Å². The minimum absolute atomic E-state index is 0.149. The van der Waals surface area contributed by atoms with Gasteiger partial charge in [-0.05, 0) is 60.5 Å². The molecule has 2 aromatic rings. The van der Waals surface area contributed by atoms with Crippen LogP contribution in [0.1, 0.15) is 30.9 Å². The van der Waals surface area contributed by atoms with E-state index in [-0.39, 0.29) is 5.91 Å². The molecule has 0 bridgehead atoms. The third-order valence-electron chi connectivity index (χ3n) is 5.56. The van der Waals surface area contributed by atoms with Gasteiger partial charge in [-0.1, -0.05) is 43.7 Å². The van der Waals surface area contributed by atoms with Crippen molar-refractivity contribution in [1.29, 1.82) is 0 Å². The molecule has 0 aliphatic carbocycles. The minimum atomic E-state index is -0.149. The molecule has 1 amide bonds. The summed E-state index contributed by atoms with van der Waals surface area (Å²) in [7, 11) is 0. The Balaban J connectivity index is 1.34. The van der Waals surface area contributed by atoms with E-state index in [4.69, 9.17) is 4.74 Å². The number of thioether (sulfide) groups is 1.